The highest BCUT2D eigenvalue weighted by molar-refractivity contribution is 6.36. The monoisotopic (exact) mass is 359 g/mol. The van der Waals surface area contributed by atoms with Gasteiger partial charge in [0.25, 0.3) is 0 Å². The van der Waals surface area contributed by atoms with Gasteiger partial charge in [0.1, 0.15) is 5.82 Å². The minimum absolute atomic E-state index is 0.172. The lowest BCUT2D eigenvalue weighted by Gasteiger charge is -2.09. The summed E-state index contributed by atoms with van der Waals surface area (Å²) in [6, 6.07) is 7.21. The topological polar surface area (TPSA) is 58.0 Å². The molecule has 0 radical (unpaired) electrons. The average Bonchev–Trinajstić information content (AvgIpc) is 2.47. The third kappa shape index (κ3) is 4.99. The van der Waals surface area contributed by atoms with Crippen molar-refractivity contribution < 1.29 is 5.11 Å². The van der Waals surface area contributed by atoms with Gasteiger partial charge in [0.15, 0.2) is 0 Å². The minimum atomic E-state index is 0.172. The van der Waals surface area contributed by atoms with Crippen LogP contribution in [-0.4, -0.2) is 28.2 Å². The molecule has 0 saturated heterocycles. The van der Waals surface area contributed by atoms with Gasteiger partial charge in [-0.3, -0.25) is 0 Å². The van der Waals surface area contributed by atoms with Crippen molar-refractivity contribution in [2.45, 2.75) is 19.3 Å². The van der Waals surface area contributed by atoms with E-state index in [1.807, 2.05) is 6.07 Å². The molecule has 7 heteroatoms. The van der Waals surface area contributed by atoms with Crippen LogP contribution >= 0.6 is 34.8 Å². The van der Waals surface area contributed by atoms with E-state index < -0.39 is 0 Å². The summed E-state index contributed by atoms with van der Waals surface area (Å²) in [5.74, 6) is 0.649. The van der Waals surface area contributed by atoms with Gasteiger partial charge >= 0.3 is 0 Å². The van der Waals surface area contributed by atoms with Crippen molar-refractivity contribution in [3.63, 3.8) is 0 Å². The summed E-state index contributed by atoms with van der Waals surface area (Å²) >= 11 is 18.3. The first kappa shape index (κ1) is 17.3. The number of nitrogens with one attached hydrogen (secondary N) is 1. The second-order valence-corrected chi connectivity index (χ2v) is 5.90. The van der Waals surface area contributed by atoms with Crippen LogP contribution in [0.1, 0.15) is 24.1 Å². The number of anilines is 1. The maximum Gasteiger partial charge on any atom is 0.224 e. The number of halogens is 3. The number of aliphatic hydroxyl groups excluding tert-OH is 1. The van der Waals surface area contributed by atoms with Crippen LogP contribution in [-0.2, 0) is 6.42 Å². The minimum Gasteiger partial charge on any atom is -0.396 e. The fraction of sp³-hybridized carbons (Fsp3) is 0.333. The fourth-order valence-electron chi connectivity index (χ4n) is 1.98. The van der Waals surface area contributed by atoms with E-state index in [9.17, 15) is 0 Å². The first-order valence-corrected chi connectivity index (χ1v) is 8.04. The molecule has 0 unspecified atom stereocenters. The predicted octanol–water partition coefficient (Wildman–Crippen LogP) is 4.21. The van der Waals surface area contributed by atoms with Gasteiger partial charge in [-0.25, -0.2) is 9.97 Å². The van der Waals surface area contributed by atoms with E-state index in [0.717, 1.165) is 24.1 Å². The zero-order valence-corrected chi connectivity index (χ0v) is 14.1. The Labute approximate surface area is 144 Å². The first-order valence-electron chi connectivity index (χ1n) is 6.91. The van der Waals surface area contributed by atoms with E-state index >= 15 is 0 Å². The molecule has 0 atom stereocenters. The summed E-state index contributed by atoms with van der Waals surface area (Å²) in [6.45, 7) is 0.892. The van der Waals surface area contributed by atoms with Crippen LogP contribution in [0.2, 0.25) is 15.3 Å². The average molecular weight is 361 g/mol. The fourth-order valence-corrected chi connectivity index (χ4v) is 2.71. The van der Waals surface area contributed by atoms with Crippen LogP contribution in [0.25, 0.3) is 0 Å². The predicted molar refractivity (Wildman–Crippen MR) is 91.1 cm³/mol. The molecule has 2 N–H and O–H groups in total. The van der Waals surface area contributed by atoms with E-state index in [0.29, 0.717) is 28.8 Å². The van der Waals surface area contributed by atoms with Crippen molar-refractivity contribution in [1.29, 1.82) is 0 Å². The number of hydrogen-bond acceptors (Lipinski definition) is 4. The highest BCUT2D eigenvalue weighted by Crippen LogP contribution is 2.27. The Kier molecular flexibility index (Phi) is 6.70. The van der Waals surface area contributed by atoms with E-state index in [-0.39, 0.29) is 11.9 Å². The van der Waals surface area contributed by atoms with Crippen LogP contribution in [0.15, 0.2) is 24.3 Å². The van der Waals surface area contributed by atoms with Gasteiger partial charge in [-0.1, -0.05) is 29.3 Å². The molecule has 0 aliphatic carbocycles. The Balaban J connectivity index is 2.12. The first-order chi connectivity index (χ1) is 10.6. The van der Waals surface area contributed by atoms with Crippen LogP contribution in [0.3, 0.4) is 0 Å². The van der Waals surface area contributed by atoms with Crippen molar-refractivity contribution in [2.75, 3.05) is 18.5 Å². The Hall–Kier alpha value is -1.07. The van der Waals surface area contributed by atoms with Gasteiger partial charge in [-0.2, -0.15) is 0 Å². The molecule has 0 bridgehead atoms. The Morgan fingerprint density at radius 2 is 1.77 bits per heavy atom. The Bertz CT molecular complexity index is 617. The zero-order valence-electron chi connectivity index (χ0n) is 11.8. The molecule has 22 heavy (non-hydrogen) atoms. The molecule has 2 rings (SSSR count). The maximum atomic E-state index is 8.77. The Morgan fingerprint density at radius 3 is 2.45 bits per heavy atom. The molecular formula is C15H16Cl3N3O. The van der Waals surface area contributed by atoms with Crippen molar-refractivity contribution in [3.05, 3.63) is 50.9 Å². The van der Waals surface area contributed by atoms with Gasteiger partial charge in [-0.05, 0) is 42.1 Å². The second kappa shape index (κ2) is 8.53. The molecule has 0 spiro atoms. The highest BCUT2D eigenvalue weighted by Gasteiger charge is 2.10. The smallest absolute Gasteiger partial charge is 0.224 e. The summed E-state index contributed by atoms with van der Waals surface area (Å²) in [4.78, 5) is 8.35. The third-order valence-electron chi connectivity index (χ3n) is 3.06. The van der Waals surface area contributed by atoms with Gasteiger partial charge < -0.3 is 10.4 Å². The number of rotatable bonds is 7. The maximum absolute atomic E-state index is 8.77. The molecule has 0 amide bonds. The van der Waals surface area contributed by atoms with Crippen LogP contribution in [0.4, 0.5) is 5.82 Å². The summed E-state index contributed by atoms with van der Waals surface area (Å²) in [5.41, 5.74) is 1.55. The molecule has 0 aliphatic rings. The van der Waals surface area contributed by atoms with E-state index in [1.165, 1.54) is 0 Å². The quantitative estimate of drug-likeness (QED) is 0.573. The number of unbranched alkanes of at least 4 members (excludes halogenated alkanes) is 1. The number of hydrogen-bond donors (Lipinski definition) is 2. The lowest BCUT2D eigenvalue weighted by atomic mass is 10.1. The number of benzene rings is 1. The van der Waals surface area contributed by atoms with Crippen molar-refractivity contribution >= 4 is 40.6 Å². The van der Waals surface area contributed by atoms with Crippen LogP contribution in [0.5, 0.6) is 0 Å². The molecular weight excluding hydrogens is 345 g/mol. The molecule has 118 valence electrons. The molecule has 1 aromatic heterocycles. The molecule has 4 nitrogen and oxygen atoms in total. The summed E-state index contributed by atoms with van der Waals surface area (Å²) in [6.07, 6.45) is 2.07. The van der Waals surface area contributed by atoms with Gasteiger partial charge in [0.05, 0.1) is 5.69 Å². The number of aromatic nitrogens is 2. The number of nitrogens with zero attached hydrogens (tertiary/aromatic N) is 2. The van der Waals surface area contributed by atoms with E-state index in [2.05, 4.69) is 15.3 Å². The van der Waals surface area contributed by atoms with Crippen LogP contribution in [0, 0.1) is 0 Å². The highest BCUT2D eigenvalue weighted by atomic mass is 35.5. The van der Waals surface area contributed by atoms with Gasteiger partial charge in [0, 0.05) is 35.7 Å². The zero-order chi connectivity index (χ0) is 15.9. The third-order valence-corrected chi connectivity index (χ3v) is 3.94. The SMILES string of the molecule is OCCCCNc1cc(Cc2c(Cl)cccc2Cl)nc(Cl)n1. The van der Waals surface area contributed by atoms with Crippen molar-refractivity contribution in [1.82, 2.24) is 9.97 Å². The molecule has 1 aromatic carbocycles. The molecule has 2 aromatic rings. The van der Waals surface area contributed by atoms with Crippen molar-refractivity contribution in [2.24, 2.45) is 0 Å². The number of aliphatic hydroxyl groups is 1. The summed E-state index contributed by atoms with van der Waals surface area (Å²) in [7, 11) is 0. The molecule has 0 aliphatic heterocycles. The lowest BCUT2D eigenvalue weighted by Crippen LogP contribution is -2.06. The summed E-state index contributed by atoms with van der Waals surface area (Å²) < 4.78 is 0. The second-order valence-electron chi connectivity index (χ2n) is 4.75. The van der Waals surface area contributed by atoms with E-state index in [1.54, 1.807) is 18.2 Å². The normalized spacial score (nSPS) is 10.7. The summed E-state index contributed by atoms with van der Waals surface area (Å²) in [5, 5.41) is 13.3. The van der Waals surface area contributed by atoms with Gasteiger partial charge in [-0.15, -0.1) is 0 Å². The molecule has 1 heterocycles. The van der Waals surface area contributed by atoms with Crippen molar-refractivity contribution in [3.8, 4) is 0 Å². The van der Waals surface area contributed by atoms with Crippen LogP contribution < -0.4 is 5.32 Å². The largest absolute Gasteiger partial charge is 0.396 e. The Morgan fingerprint density at radius 1 is 1.05 bits per heavy atom. The standard InChI is InChI=1S/C15H16Cl3N3O/c16-12-4-3-5-13(17)11(12)8-10-9-14(21-15(18)20-10)19-6-1-2-7-22/h3-5,9,22H,1-2,6-8H2,(H,19,20,21). The lowest BCUT2D eigenvalue weighted by molar-refractivity contribution is 0.286. The molecule has 0 saturated carbocycles. The van der Waals surface area contributed by atoms with Gasteiger partial charge in [0.2, 0.25) is 5.28 Å². The molecule has 0 fully saturated rings. The van der Waals surface area contributed by atoms with E-state index in [4.69, 9.17) is 39.9 Å².